The quantitative estimate of drug-likeness (QED) is 0.769. The van der Waals surface area contributed by atoms with Crippen molar-refractivity contribution >= 4 is 29.4 Å². The normalized spacial score (nSPS) is 11.5. The Morgan fingerprint density at radius 3 is 2.57 bits per heavy atom. The molecule has 0 saturated heterocycles. The van der Waals surface area contributed by atoms with E-state index in [9.17, 15) is 14.4 Å². The molecular weight excluding hydrogens is 320 g/mol. The predicted molar refractivity (Wildman–Crippen MR) is 87.3 cm³/mol. The van der Waals surface area contributed by atoms with Gasteiger partial charge in [0.05, 0.1) is 17.7 Å². The second-order valence-electron chi connectivity index (χ2n) is 5.11. The standard InChI is InChI=1S/C16H21ClN2O4/c1-11(16(22)19(2)10-6-9-14(20)23-3)18-15(21)12-7-4-5-8-13(12)17/h4-5,7-8,11H,6,9-10H2,1-3H3,(H,18,21). The molecule has 2 amide bonds. The molecule has 0 spiro atoms. The fourth-order valence-electron chi connectivity index (χ4n) is 1.98. The van der Waals surface area contributed by atoms with Crippen LogP contribution in [-0.2, 0) is 14.3 Å². The Kier molecular flexibility index (Phi) is 7.54. The zero-order chi connectivity index (χ0) is 17.4. The Labute approximate surface area is 140 Å². The topological polar surface area (TPSA) is 75.7 Å². The summed E-state index contributed by atoms with van der Waals surface area (Å²) in [5.41, 5.74) is 0.321. The van der Waals surface area contributed by atoms with Gasteiger partial charge in [-0.1, -0.05) is 23.7 Å². The average Bonchev–Trinajstić information content (AvgIpc) is 2.53. The zero-order valence-corrected chi connectivity index (χ0v) is 14.2. The van der Waals surface area contributed by atoms with E-state index in [1.807, 2.05) is 0 Å². The molecule has 0 aliphatic carbocycles. The number of rotatable bonds is 7. The smallest absolute Gasteiger partial charge is 0.305 e. The van der Waals surface area contributed by atoms with Gasteiger partial charge in [-0.25, -0.2) is 0 Å². The van der Waals surface area contributed by atoms with E-state index in [-0.39, 0.29) is 18.3 Å². The fraction of sp³-hybridized carbons (Fsp3) is 0.438. The number of amides is 2. The monoisotopic (exact) mass is 340 g/mol. The molecule has 23 heavy (non-hydrogen) atoms. The Hall–Kier alpha value is -2.08. The predicted octanol–water partition coefficient (Wildman–Crippen LogP) is 1.87. The van der Waals surface area contributed by atoms with Crippen molar-refractivity contribution in [2.75, 3.05) is 20.7 Å². The fourth-order valence-corrected chi connectivity index (χ4v) is 2.21. The van der Waals surface area contributed by atoms with Crippen LogP contribution in [0.2, 0.25) is 5.02 Å². The van der Waals surface area contributed by atoms with E-state index in [0.717, 1.165) is 0 Å². The van der Waals surface area contributed by atoms with E-state index in [4.69, 9.17) is 11.6 Å². The number of hydrogen-bond donors (Lipinski definition) is 1. The Morgan fingerprint density at radius 1 is 1.30 bits per heavy atom. The minimum atomic E-state index is -0.693. The van der Waals surface area contributed by atoms with Crippen molar-refractivity contribution in [3.63, 3.8) is 0 Å². The number of carbonyl (C=O) groups is 3. The number of nitrogens with zero attached hydrogens (tertiary/aromatic N) is 1. The number of benzene rings is 1. The number of carbonyl (C=O) groups excluding carboxylic acids is 3. The van der Waals surface area contributed by atoms with E-state index in [0.29, 0.717) is 23.6 Å². The van der Waals surface area contributed by atoms with E-state index in [2.05, 4.69) is 10.1 Å². The van der Waals surface area contributed by atoms with Gasteiger partial charge in [0.25, 0.3) is 5.91 Å². The van der Waals surface area contributed by atoms with Crippen LogP contribution in [0.4, 0.5) is 0 Å². The van der Waals surface area contributed by atoms with Crippen LogP contribution in [-0.4, -0.2) is 49.4 Å². The number of nitrogens with one attached hydrogen (secondary N) is 1. The number of ether oxygens (including phenoxy) is 1. The van der Waals surface area contributed by atoms with Crippen LogP contribution in [0.3, 0.4) is 0 Å². The van der Waals surface area contributed by atoms with Gasteiger partial charge >= 0.3 is 5.97 Å². The first-order valence-corrected chi connectivity index (χ1v) is 7.61. The number of methoxy groups -OCH3 is 1. The van der Waals surface area contributed by atoms with Crippen LogP contribution in [0.25, 0.3) is 0 Å². The van der Waals surface area contributed by atoms with Crippen molar-refractivity contribution in [2.45, 2.75) is 25.8 Å². The molecule has 0 aromatic heterocycles. The van der Waals surface area contributed by atoms with Crippen LogP contribution < -0.4 is 5.32 Å². The molecule has 1 N–H and O–H groups in total. The number of halogens is 1. The molecule has 1 aromatic carbocycles. The van der Waals surface area contributed by atoms with Gasteiger partial charge in [-0.15, -0.1) is 0 Å². The summed E-state index contributed by atoms with van der Waals surface area (Å²) < 4.78 is 4.54. The number of likely N-dealkylation sites (N-methyl/N-ethyl adjacent to an activating group) is 1. The number of hydrogen-bond acceptors (Lipinski definition) is 4. The van der Waals surface area contributed by atoms with Crippen LogP contribution in [0.1, 0.15) is 30.1 Å². The van der Waals surface area contributed by atoms with Gasteiger partial charge in [0, 0.05) is 20.0 Å². The molecule has 126 valence electrons. The molecule has 0 aliphatic rings. The maximum absolute atomic E-state index is 12.2. The summed E-state index contributed by atoms with van der Waals surface area (Å²) in [5.74, 6) is -0.958. The molecule has 0 radical (unpaired) electrons. The van der Waals surface area contributed by atoms with Crippen LogP contribution in [0, 0.1) is 0 Å². The lowest BCUT2D eigenvalue weighted by Gasteiger charge is -2.22. The molecule has 0 heterocycles. The summed E-state index contributed by atoms with van der Waals surface area (Å²) in [7, 11) is 2.95. The molecule has 0 saturated carbocycles. The third-order valence-corrected chi connectivity index (χ3v) is 3.64. The minimum absolute atomic E-state index is 0.240. The highest BCUT2D eigenvalue weighted by Gasteiger charge is 2.21. The highest BCUT2D eigenvalue weighted by atomic mass is 35.5. The van der Waals surface area contributed by atoms with Gasteiger partial charge in [0.1, 0.15) is 6.04 Å². The molecule has 0 bridgehead atoms. The van der Waals surface area contributed by atoms with Gasteiger partial charge < -0.3 is 15.0 Å². The van der Waals surface area contributed by atoms with Gasteiger partial charge in [-0.05, 0) is 25.5 Å². The van der Waals surface area contributed by atoms with E-state index >= 15 is 0 Å². The summed E-state index contributed by atoms with van der Waals surface area (Å²) >= 11 is 5.96. The SMILES string of the molecule is COC(=O)CCCN(C)C(=O)C(C)NC(=O)c1ccccc1Cl. The second-order valence-corrected chi connectivity index (χ2v) is 5.52. The lowest BCUT2D eigenvalue weighted by atomic mass is 10.2. The summed E-state index contributed by atoms with van der Waals surface area (Å²) in [6, 6.07) is 5.94. The van der Waals surface area contributed by atoms with Crippen LogP contribution in [0.5, 0.6) is 0 Å². The minimum Gasteiger partial charge on any atom is -0.469 e. The van der Waals surface area contributed by atoms with Crippen molar-refractivity contribution in [3.8, 4) is 0 Å². The third-order valence-electron chi connectivity index (χ3n) is 3.31. The molecule has 0 fully saturated rings. The molecule has 0 aliphatic heterocycles. The van der Waals surface area contributed by atoms with Crippen molar-refractivity contribution < 1.29 is 19.1 Å². The maximum atomic E-state index is 12.2. The largest absolute Gasteiger partial charge is 0.469 e. The number of esters is 1. The first-order valence-electron chi connectivity index (χ1n) is 7.24. The lowest BCUT2D eigenvalue weighted by Crippen LogP contribution is -2.45. The average molecular weight is 341 g/mol. The molecule has 1 rings (SSSR count). The van der Waals surface area contributed by atoms with Gasteiger partial charge in [0.15, 0.2) is 0 Å². The Morgan fingerprint density at radius 2 is 1.96 bits per heavy atom. The maximum Gasteiger partial charge on any atom is 0.305 e. The molecule has 1 atom stereocenters. The molecule has 1 aromatic rings. The van der Waals surface area contributed by atoms with Crippen molar-refractivity contribution in [1.82, 2.24) is 10.2 Å². The van der Waals surface area contributed by atoms with Gasteiger partial charge in [0.2, 0.25) is 5.91 Å². The van der Waals surface area contributed by atoms with E-state index in [1.54, 1.807) is 38.2 Å². The van der Waals surface area contributed by atoms with Crippen molar-refractivity contribution in [2.24, 2.45) is 0 Å². The Bertz CT molecular complexity index is 577. The molecular formula is C16H21ClN2O4. The van der Waals surface area contributed by atoms with E-state index in [1.165, 1.54) is 12.0 Å². The summed E-state index contributed by atoms with van der Waals surface area (Å²) in [6.07, 6.45) is 0.745. The first kappa shape index (κ1) is 19.0. The van der Waals surface area contributed by atoms with Crippen molar-refractivity contribution in [3.05, 3.63) is 34.9 Å². The van der Waals surface area contributed by atoms with Gasteiger partial charge in [-0.2, -0.15) is 0 Å². The highest BCUT2D eigenvalue weighted by Crippen LogP contribution is 2.14. The first-order chi connectivity index (χ1) is 10.9. The summed E-state index contributed by atoms with van der Waals surface area (Å²) in [4.78, 5) is 36.8. The van der Waals surface area contributed by atoms with E-state index < -0.39 is 11.9 Å². The lowest BCUT2D eigenvalue weighted by molar-refractivity contribution is -0.141. The van der Waals surface area contributed by atoms with Gasteiger partial charge in [-0.3, -0.25) is 14.4 Å². The summed E-state index contributed by atoms with van der Waals surface area (Å²) in [6.45, 7) is 2.01. The molecule has 6 nitrogen and oxygen atoms in total. The zero-order valence-electron chi connectivity index (χ0n) is 13.5. The second kappa shape index (κ2) is 9.15. The van der Waals surface area contributed by atoms with Crippen LogP contribution >= 0.6 is 11.6 Å². The highest BCUT2D eigenvalue weighted by molar-refractivity contribution is 6.33. The third kappa shape index (κ3) is 5.90. The Balaban J connectivity index is 2.51. The molecule has 1 unspecified atom stereocenters. The summed E-state index contributed by atoms with van der Waals surface area (Å²) in [5, 5.41) is 2.95. The van der Waals surface area contributed by atoms with Crippen molar-refractivity contribution in [1.29, 1.82) is 0 Å². The molecule has 7 heteroatoms. The van der Waals surface area contributed by atoms with Crippen LogP contribution in [0.15, 0.2) is 24.3 Å².